The molecule has 9 nitrogen and oxygen atoms in total. The molecule has 2 saturated heterocycles. The van der Waals surface area contributed by atoms with Crippen LogP contribution in [0.25, 0.3) is 11.1 Å². The molecule has 0 radical (unpaired) electrons. The number of anilines is 2. The van der Waals surface area contributed by atoms with Crippen LogP contribution in [0.4, 0.5) is 24.9 Å². The Morgan fingerprint density at radius 3 is 2.63 bits per heavy atom. The quantitative estimate of drug-likeness (QED) is 0.366. The van der Waals surface area contributed by atoms with Gasteiger partial charge in [-0.15, -0.1) is 0 Å². The van der Waals surface area contributed by atoms with Gasteiger partial charge in [0.2, 0.25) is 17.9 Å². The summed E-state index contributed by atoms with van der Waals surface area (Å²) in [6.45, 7) is 1.62. The van der Waals surface area contributed by atoms with Crippen LogP contribution in [0.1, 0.15) is 36.5 Å². The smallest absolute Gasteiger partial charge is 0.429 e. The molecule has 2 aliphatic heterocycles. The summed E-state index contributed by atoms with van der Waals surface area (Å²) in [7, 11) is 0. The first-order valence-electron chi connectivity index (χ1n) is 12.9. The van der Waals surface area contributed by atoms with Crippen molar-refractivity contribution in [3.8, 4) is 23.1 Å². The van der Waals surface area contributed by atoms with E-state index in [1.807, 2.05) is 11.0 Å². The van der Waals surface area contributed by atoms with Crippen molar-refractivity contribution in [1.29, 1.82) is 5.26 Å². The molecule has 2 aliphatic rings. The highest BCUT2D eigenvalue weighted by atomic mass is 35.5. The number of nitrogens with zero attached hydrogens (tertiary/aromatic N) is 4. The topological polar surface area (TPSA) is 137 Å². The Hall–Kier alpha value is -4.08. The van der Waals surface area contributed by atoms with Gasteiger partial charge in [0.05, 0.1) is 11.6 Å². The number of carboxylic acids is 1. The maximum absolute atomic E-state index is 14.5. The van der Waals surface area contributed by atoms with Crippen LogP contribution in [0.15, 0.2) is 48.5 Å². The molecule has 214 valence electrons. The number of nitriles is 1. The van der Waals surface area contributed by atoms with Crippen molar-refractivity contribution < 1.29 is 27.8 Å². The molecule has 1 aromatic heterocycles. The summed E-state index contributed by atoms with van der Waals surface area (Å²) < 4.78 is 49.0. The second-order valence-electron chi connectivity index (χ2n) is 10.3. The highest BCUT2D eigenvalue weighted by Crippen LogP contribution is 2.43. The van der Waals surface area contributed by atoms with Crippen molar-refractivity contribution >= 4 is 29.3 Å². The minimum absolute atomic E-state index is 0.158. The molecule has 1 unspecified atom stereocenters. The first-order valence-corrected chi connectivity index (χ1v) is 13.2. The van der Waals surface area contributed by atoms with E-state index in [2.05, 4.69) is 15.3 Å². The van der Waals surface area contributed by atoms with Crippen LogP contribution in [0.3, 0.4) is 0 Å². The lowest BCUT2D eigenvalue weighted by molar-refractivity contribution is -0.198. The number of carboxylic acid groups (broad SMARTS) is 1. The van der Waals surface area contributed by atoms with E-state index < -0.39 is 24.3 Å². The number of benzene rings is 2. The minimum atomic E-state index is -4.84. The van der Waals surface area contributed by atoms with Crippen LogP contribution in [-0.2, 0) is 4.79 Å². The fourth-order valence-corrected chi connectivity index (χ4v) is 5.70. The number of rotatable bonds is 6. The summed E-state index contributed by atoms with van der Waals surface area (Å²) in [5.74, 6) is -1.15. The number of alkyl halides is 3. The number of hydrogen-bond acceptors (Lipinski definition) is 8. The van der Waals surface area contributed by atoms with Gasteiger partial charge in [-0.05, 0) is 60.1 Å². The summed E-state index contributed by atoms with van der Waals surface area (Å²) in [5.41, 5.74) is 6.33. The van der Waals surface area contributed by atoms with Gasteiger partial charge in [-0.1, -0.05) is 29.8 Å². The molecular weight excluding hydrogens is 561 g/mol. The van der Waals surface area contributed by atoms with Crippen LogP contribution in [-0.4, -0.2) is 52.9 Å². The van der Waals surface area contributed by atoms with Gasteiger partial charge in [-0.3, -0.25) is 4.79 Å². The van der Waals surface area contributed by atoms with Crippen LogP contribution in [0.5, 0.6) is 5.88 Å². The monoisotopic (exact) mass is 586 g/mol. The molecular formula is C28H26ClF3N6O3. The maximum Gasteiger partial charge on any atom is 0.429 e. The van der Waals surface area contributed by atoms with Gasteiger partial charge in [0.15, 0.2) is 0 Å². The number of carbonyl (C=O) groups is 1. The van der Waals surface area contributed by atoms with Crippen LogP contribution < -0.4 is 20.7 Å². The number of nitrogen functional groups attached to an aromatic ring is 1. The molecule has 1 spiro atoms. The average Bonchev–Trinajstić information content (AvgIpc) is 3.35. The Morgan fingerprint density at radius 1 is 1.22 bits per heavy atom. The second-order valence-corrected chi connectivity index (χ2v) is 10.8. The van der Waals surface area contributed by atoms with Crippen molar-refractivity contribution in [2.24, 2.45) is 5.41 Å². The third-order valence-electron chi connectivity index (χ3n) is 7.65. The van der Waals surface area contributed by atoms with Crippen molar-refractivity contribution in [2.45, 2.75) is 37.6 Å². The van der Waals surface area contributed by atoms with Crippen LogP contribution in [0.2, 0.25) is 5.02 Å². The molecule has 0 saturated carbocycles. The highest BCUT2D eigenvalue weighted by Gasteiger charge is 2.46. The van der Waals surface area contributed by atoms with Gasteiger partial charge in [0, 0.05) is 36.3 Å². The number of ether oxygens (including phenoxy) is 1. The van der Waals surface area contributed by atoms with E-state index in [-0.39, 0.29) is 39.0 Å². The van der Waals surface area contributed by atoms with Gasteiger partial charge < -0.3 is 25.8 Å². The summed E-state index contributed by atoms with van der Waals surface area (Å²) in [5, 5.41) is 21.9. The number of piperidine rings is 1. The van der Waals surface area contributed by atoms with E-state index in [9.17, 15) is 28.3 Å². The zero-order chi connectivity index (χ0) is 29.4. The average molecular weight is 587 g/mol. The number of nitrogens with one attached hydrogen (secondary N) is 1. The molecule has 0 bridgehead atoms. The van der Waals surface area contributed by atoms with Crippen molar-refractivity contribution in [3.63, 3.8) is 0 Å². The normalized spacial score (nSPS) is 19.1. The van der Waals surface area contributed by atoms with Gasteiger partial charge in [0.25, 0.3) is 0 Å². The van der Waals surface area contributed by atoms with Crippen molar-refractivity contribution in [3.05, 3.63) is 64.7 Å². The van der Waals surface area contributed by atoms with Gasteiger partial charge in [0.1, 0.15) is 11.9 Å². The number of halogens is 4. The fraction of sp³-hybridized carbons (Fsp3) is 0.357. The van der Waals surface area contributed by atoms with E-state index in [4.69, 9.17) is 22.1 Å². The second kappa shape index (κ2) is 11.1. The lowest BCUT2D eigenvalue weighted by atomic mass is 9.76. The van der Waals surface area contributed by atoms with Crippen molar-refractivity contribution in [2.75, 3.05) is 30.3 Å². The molecule has 0 aliphatic carbocycles. The first-order chi connectivity index (χ1) is 19.5. The van der Waals surface area contributed by atoms with Crippen LogP contribution in [0, 0.1) is 16.7 Å². The summed E-state index contributed by atoms with van der Waals surface area (Å²) in [6, 6.07) is 12.9. The third-order valence-corrected chi connectivity index (χ3v) is 7.88. The maximum atomic E-state index is 14.5. The Kier molecular flexibility index (Phi) is 7.68. The zero-order valence-corrected chi connectivity index (χ0v) is 22.4. The van der Waals surface area contributed by atoms with Crippen LogP contribution >= 0.6 is 11.6 Å². The molecule has 3 heterocycles. The Labute approximate surface area is 238 Å². The van der Waals surface area contributed by atoms with E-state index in [1.54, 1.807) is 18.2 Å². The van der Waals surface area contributed by atoms with Gasteiger partial charge in [-0.2, -0.15) is 28.4 Å². The third kappa shape index (κ3) is 6.16. The summed E-state index contributed by atoms with van der Waals surface area (Å²) in [6.07, 6.45) is -5.38. The first kappa shape index (κ1) is 28.4. The van der Waals surface area contributed by atoms with E-state index >= 15 is 0 Å². The zero-order valence-electron chi connectivity index (χ0n) is 21.7. The molecule has 4 N–H and O–H groups in total. The Bertz CT molecular complexity index is 1500. The molecule has 2 aromatic carbocycles. The Morgan fingerprint density at radius 2 is 1.98 bits per heavy atom. The number of nitrogens with two attached hydrogens (primary N) is 1. The molecule has 3 aromatic rings. The van der Waals surface area contributed by atoms with E-state index in [1.165, 1.54) is 30.3 Å². The fourth-order valence-electron chi connectivity index (χ4n) is 5.53. The SMILES string of the molecule is N#Cc1cccc(-c2cc(Cl)ccc2[C@@H](Oc2cc(N3CCC4(CC3)CNC(C(=O)O)C4)nc(N)n2)C(F)(F)F)c1. The summed E-state index contributed by atoms with van der Waals surface area (Å²) in [4.78, 5) is 21.4. The largest absolute Gasteiger partial charge is 0.480 e. The molecule has 13 heteroatoms. The van der Waals surface area contributed by atoms with Gasteiger partial charge >= 0.3 is 12.1 Å². The Balaban J connectivity index is 1.42. The lowest BCUT2D eigenvalue weighted by Gasteiger charge is -2.39. The standard InChI is InChI=1S/C28H26ClF3N6O3/c29-18-4-5-19(20(11-18)17-3-1-2-16(10-17)14-33)24(28(30,31)32)41-23-12-22(36-26(34)37-23)38-8-6-27(7-9-38)13-21(25(39)40)35-15-27/h1-5,10-12,21,24,35H,6-9,13,15H2,(H,39,40)(H2,34,36,37)/t21?,24-/m1/s1. The number of hydrogen-bond donors (Lipinski definition) is 3. The molecule has 2 fully saturated rings. The minimum Gasteiger partial charge on any atom is -0.480 e. The number of aromatic nitrogens is 2. The summed E-state index contributed by atoms with van der Waals surface area (Å²) >= 11 is 6.15. The predicted octanol–water partition coefficient (Wildman–Crippen LogP) is 4.97. The molecule has 0 amide bonds. The molecule has 2 atom stereocenters. The van der Waals surface area contributed by atoms with Crippen molar-refractivity contribution in [1.82, 2.24) is 15.3 Å². The molecule has 41 heavy (non-hydrogen) atoms. The van der Waals surface area contributed by atoms with E-state index in [0.717, 1.165) is 0 Å². The van der Waals surface area contributed by atoms with Gasteiger partial charge in [-0.25, -0.2) is 0 Å². The lowest BCUT2D eigenvalue weighted by Crippen LogP contribution is -2.41. The molecule has 5 rings (SSSR count). The number of aliphatic carboxylic acids is 1. The predicted molar refractivity (Wildman–Crippen MR) is 145 cm³/mol. The highest BCUT2D eigenvalue weighted by molar-refractivity contribution is 6.30. The van der Waals surface area contributed by atoms with E-state index in [0.29, 0.717) is 50.3 Å².